The molecular weight excluding hydrogens is 472 g/mol. The molecule has 0 spiro atoms. The van der Waals surface area contributed by atoms with Gasteiger partial charge in [0.05, 0.1) is 20.8 Å². The topological polar surface area (TPSA) is 82.9 Å². The second-order valence-electron chi connectivity index (χ2n) is 7.83. The SMILES string of the molecule is CCCCCCCC(=O)N/N=C/c1c(SC)sc(SC)c1/C=N/NC(=O)CCCCCCC. The third kappa shape index (κ3) is 12.6. The van der Waals surface area contributed by atoms with Crippen molar-refractivity contribution in [3.63, 3.8) is 0 Å². The van der Waals surface area contributed by atoms with Crippen molar-refractivity contribution in [3.05, 3.63) is 11.1 Å². The van der Waals surface area contributed by atoms with Crippen LogP contribution in [0.15, 0.2) is 18.6 Å². The van der Waals surface area contributed by atoms with Gasteiger partial charge >= 0.3 is 0 Å². The predicted molar refractivity (Wildman–Crippen MR) is 146 cm³/mol. The van der Waals surface area contributed by atoms with Gasteiger partial charge in [-0.15, -0.1) is 34.9 Å². The maximum Gasteiger partial charge on any atom is 0.240 e. The molecule has 0 aliphatic carbocycles. The quantitative estimate of drug-likeness (QED) is 0.0979. The molecule has 6 nitrogen and oxygen atoms in total. The van der Waals surface area contributed by atoms with Gasteiger partial charge in [0, 0.05) is 24.0 Å². The van der Waals surface area contributed by atoms with Crippen LogP contribution in [0.25, 0.3) is 0 Å². The molecule has 0 radical (unpaired) electrons. The number of thiophene rings is 1. The first-order valence-electron chi connectivity index (χ1n) is 12.0. The van der Waals surface area contributed by atoms with Crippen LogP contribution in [0, 0.1) is 0 Å². The van der Waals surface area contributed by atoms with Crippen LogP contribution in [-0.4, -0.2) is 36.8 Å². The van der Waals surface area contributed by atoms with Gasteiger partial charge in [-0.25, -0.2) is 10.9 Å². The summed E-state index contributed by atoms with van der Waals surface area (Å²) >= 11 is 4.94. The molecule has 0 bridgehead atoms. The Balaban J connectivity index is 2.66. The monoisotopic (exact) mass is 512 g/mol. The van der Waals surface area contributed by atoms with Gasteiger partial charge in [0.15, 0.2) is 0 Å². The maximum absolute atomic E-state index is 12.1. The molecule has 9 heteroatoms. The molecule has 0 saturated heterocycles. The van der Waals surface area contributed by atoms with Crippen molar-refractivity contribution < 1.29 is 9.59 Å². The number of nitrogens with one attached hydrogen (secondary N) is 2. The summed E-state index contributed by atoms with van der Waals surface area (Å²) in [6, 6.07) is 0. The normalized spacial score (nSPS) is 11.5. The molecular formula is C24H40N4O2S3. The minimum Gasteiger partial charge on any atom is -0.273 e. The lowest BCUT2D eigenvalue weighted by molar-refractivity contribution is -0.122. The van der Waals surface area contributed by atoms with Crippen molar-refractivity contribution in [2.45, 2.75) is 99.3 Å². The molecule has 1 aromatic rings. The smallest absolute Gasteiger partial charge is 0.240 e. The van der Waals surface area contributed by atoms with Crippen LogP contribution in [0.1, 0.15) is 102 Å². The minimum atomic E-state index is -0.0600. The Kier molecular flexibility index (Phi) is 17.1. The van der Waals surface area contributed by atoms with Gasteiger partial charge < -0.3 is 0 Å². The molecule has 186 valence electrons. The summed E-state index contributed by atoms with van der Waals surface area (Å²) < 4.78 is 2.20. The van der Waals surface area contributed by atoms with Gasteiger partial charge in [-0.1, -0.05) is 65.2 Å². The summed E-state index contributed by atoms with van der Waals surface area (Å²) in [6.07, 6.45) is 19.5. The first-order valence-corrected chi connectivity index (χ1v) is 15.2. The van der Waals surface area contributed by atoms with E-state index in [1.807, 2.05) is 12.5 Å². The Bertz CT molecular complexity index is 703. The Hall–Kier alpha value is -1.32. The summed E-state index contributed by atoms with van der Waals surface area (Å²) in [7, 11) is 0. The number of hydrogen-bond acceptors (Lipinski definition) is 7. The largest absolute Gasteiger partial charge is 0.273 e. The number of rotatable bonds is 18. The molecule has 0 atom stereocenters. The molecule has 0 aromatic carbocycles. The molecule has 0 aliphatic rings. The first-order chi connectivity index (χ1) is 16.1. The Morgan fingerprint density at radius 3 is 1.48 bits per heavy atom. The molecule has 0 unspecified atom stereocenters. The van der Waals surface area contributed by atoms with Gasteiger partial charge in [0.2, 0.25) is 11.8 Å². The highest BCUT2D eigenvalue weighted by molar-refractivity contribution is 8.02. The van der Waals surface area contributed by atoms with Crippen LogP contribution in [-0.2, 0) is 9.59 Å². The van der Waals surface area contributed by atoms with E-state index in [1.54, 1.807) is 47.3 Å². The molecule has 33 heavy (non-hydrogen) atoms. The standard InChI is InChI=1S/C24H40N4O2S3/c1-5-7-9-11-13-15-21(29)27-25-17-19-20(24(32-4)33-23(19)31-3)18-26-28-22(30)16-14-12-10-8-6-2/h17-18H,5-16H2,1-4H3,(H,27,29)(H,28,30)/b25-17+,26-18+. The predicted octanol–water partition coefficient (Wildman–Crippen LogP) is 6.81. The van der Waals surface area contributed by atoms with Crippen LogP contribution in [0.5, 0.6) is 0 Å². The highest BCUT2D eigenvalue weighted by Crippen LogP contribution is 2.38. The zero-order chi connectivity index (χ0) is 24.3. The summed E-state index contributed by atoms with van der Waals surface area (Å²) in [5.74, 6) is -0.120. The number of thioether (sulfide) groups is 2. The van der Waals surface area contributed by atoms with Crippen LogP contribution in [0.3, 0.4) is 0 Å². The zero-order valence-electron chi connectivity index (χ0n) is 20.6. The van der Waals surface area contributed by atoms with Crippen molar-refractivity contribution in [1.82, 2.24) is 10.9 Å². The third-order valence-electron chi connectivity index (χ3n) is 5.07. The van der Waals surface area contributed by atoms with Crippen LogP contribution < -0.4 is 10.9 Å². The van der Waals surface area contributed by atoms with Crippen LogP contribution in [0.4, 0.5) is 0 Å². The number of nitrogens with zero attached hydrogens (tertiary/aromatic N) is 2. The maximum atomic E-state index is 12.1. The highest BCUT2D eigenvalue weighted by Gasteiger charge is 2.15. The van der Waals surface area contributed by atoms with E-state index in [0.29, 0.717) is 12.8 Å². The average Bonchev–Trinajstić information content (AvgIpc) is 3.15. The van der Waals surface area contributed by atoms with E-state index in [-0.39, 0.29) is 11.8 Å². The summed E-state index contributed by atoms with van der Waals surface area (Å²) in [5, 5.41) is 8.38. The number of unbranched alkanes of at least 4 members (excludes halogenated alkanes) is 8. The highest BCUT2D eigenvalue weighted by atomic mass is 32.2. The second kappa shape index (κ2) is 19.0. The molecule has 2 N–H and O–H groups in total. The Labute approximate surface area is 212 Å². The fourth-order valence-electron chi connectivity index (χ4n) is 3.19. The summed E-state index contributed by atoms with van der Waals surface area (Å²) in [5.41, 5.74) is 7.12. The fourth-order valence-corrected chi connectivity index (χ4v) is 5.99. The van der Waals surface area contributed by atoms with Crippen molar-refractivity contribution in [3.8, 4) is 0 Å². The van der Waals surface area contributed by atoms with Crippen molar-refractivity contribution >= 4 is 59.1 Å². The zero-order valence-corrected chi connectivity index (χ0v) is 23.0. The fraction of sp³-hybridized carbons (Fsp3) is 0.667. The van der Waals surface area contributed by atoms with E-state index in [9.17, 15) is 9.59 Å². The van der Waals surface area contributed by atoms with E-state index >= 15 is 0 Å². The third-order valence-corrected chi connectivity index (χ3v) is 8.56. The lowest BCUT2D eigenvalue weighted by atomic mass is 10.1. The second-order valence-corrected chi connectivity index (χ2v) is 11.0. The first kappa shape index (κ1) is 29.7. The van der Waals surface area contributed by atoms with Crippen molar-refractivity contribution in [1.29, 1.82) is 0 Å². The Morgan fingerprint density at radius 1 is 0.727 bits per heavy atom. The van der Waals surface area contributed by atoms with E-state index in [1.165, 1.54) is 38.5 Å². The molecule has 0 fully saturated rings. The van der Waals surface area contributed by atoms with Crippen molar-refractivity contribution in [2.75, 3.05) is 12.5 Å². The average molecular weight is 513 g/mol. The molecule has 0 aliphatic heterocycles. The van der Waals surface area contributed by atoms with Crippen LogP contribution in [0.2, 0.25) is 0 Å². The number of carbonyl (C=O) groups is 2. The summed E-state index contributed by atoms with van der Waals surface area (Å²) in [6.45, 7) is 4.36. The van der Waals surface area contributed by atoms with Crippen molar-refractivity contribution in [2.24, 2.45) is 10.2 Å². The van der Waals surface area contributed by atoms with Gasteiger partial charge in [0.1, 0.15) is 0 Å². The lowest BCUT2D eigenvalue weighted by Gasteiger charge is -2.02. The summed E-state index contributed by atoms with van der Waals surface area (Å²) in [4.78, 5) is 24.1. The van der Waals surface area contributed by atoms with Crippen LogP contribution >= 0.6 is 34.9 Å². The lowest BCUT2D eigenvalue weighted by Crippen LogP contribution is -2.17. The molecule has 0 saturated carbocycles. The van der Waals surface area contributed by atoms with Gasteiger partial charge in [-0.2, -0.15) is 10.2 Å². The number of hydrazone groups is 2. The van der Waals surface area contributed by atoms with Gasteiger partial charge in [0.25, 0.3) is 0 Å². The van der Waals surface area contributed by atoms with Gasteiger partial charge in [-0.3, -0.25) is 9.59 Å². The molecule has 1 heterocycles. The number of carbonyl (C=O) groups excluding carboxylic acids is 2. The van der Waals surface area contributed by atoms with E-state index in [0.717, 1.165) is 45.2 Å². The van der Waals surface area contributed by atoms with E-state index in [2.05, 4.69) is 34.9 Å². The number of hydrogen-bond donors (Lipinski definition) is 2. The molecule has 2 amide bonds. The van der Waals surface area contributed by atoms with Gasteiger partial charge in [-0.05, 0) is 25.4 Å². The Morgan fingerprint density at radius 2 is 1.12 bits per heavy atom. The van der Waals surface area contributed by atoms with E-state index < -0.39 is 0 Å². The van der Waals surface area contributed by atoms with E-state index in [4.69, 9.17) is 0 Å². The number of amides is 2. The minimum absolute atomic E-state index is 0.0600. The molecule has 1 aromatic heterocycles. The molecule has 1 rings (SSSR count).